The zero-order chi connectivity index (χ0) is 16.8. The second kappa shape index (κ2) is 8.07. The number of amides is 2. The number of carbonyl (C=O) groups excluding carboxylic acids is 2. The molecule has 0 bridgehead atoms. The molecule has 8 heteroatoms. The molecule has 23 heavy (non-hydrogen) atoms. The lowest BCUT2D eigenvalue weighted by molar-refractivity contribution is -0.131. The van der Waals surface area contributed by atoms with E-state index in [9.17, 15) is 9.59 Å². The molecule has 128 valence electrons. The van der Waals surface area contributed by atoms with Crippen LogP contribution in [0.25, 0.3) is 0 Å². The Hall–Kier alpha value is -1.93. The smallest absolute Gasteiger partial charge is 0.225 e. The molecule has 1 aliphatic rings. The number of rotatable bonds is 5. The molecule has 0 radical (unpaired) electrons. The van der Waals surface area contributed by atoms with E-state index in [0.29, 0.717) is 32.7 Å². The fraction of sp³-hybridized carbons (Fsp3) is 0.667. The van der Waals surface area contributed by atoms with Gasteiger partial charge in [0.15, 0.2) is 0 Å². The molecule has 2 heterocycles. The van der Waals surface area contributed by atoms with Crippen LogP contribution in [0.1, 0.15) is 31.2 Å². The summed E-state index contributed by atoms with van der Waals surface area (Å²) in [6, 6.07) is 1.79. The summed E-state index contributed by atoms with van der Waals surface area (Å²) in [5.74, 6) is -0.333. The zero-order valence-electron chi connectivity index (χ0n) is 13.7. The highest BCUT2D eigenvalue weighted by Crippen LogP contribution is 2.16. The van der Waals surface area contributed by atoms with Crippen molar-refractivity contribution in [2.45, 2.75) is 39.0 Å². The van der Waals surface area contributed by atoms with Crippen molar-refractivity contribution in [3.8, 4) is 0 Å². The van der Waals surface area contributed by atoms with Crippen molar-refractivity contribution in [3.63, 3.8) is 0 Å². The Morgan fingerprint density at radius 2 is 2.26 bits per heavy atom. The second-order valence-corrected chi connectivity index (χ2v) is 5.99. The first-order valence-corrected chi connectivity index (χ1v) is 7.80. The maximum absolute atomic E-state index is 12.4. The van der Waals surface area contributed by atoms with E-state index < -0.39 is 0 Å². The number of nitrogens with zero attached hydrogens (tertiary/aromatic N) is 2. The molecular formula is C15H25N5O3. The van der Waals surface area contributed by atoms with Gasteiger partial charge in [-0.3, -0.25) is 14.7 Å². The van der Waals surface area contributed by atoms with Gasteiger partial charge in [-0.2, -0.15) is 5.10 Å². The monoisotopic (exact) mass is 323 g/mol. The lowest BCUT2D eigenvalue weighted by atomic mass is 10.0. The Morgan fingerprint density at radius 3 is 2.96 bits per heavy atom. The van der Waals surface area contributed by atoms with Crippen molar-refractivity contribution in [1.29, 1.82) is 0 Å². The summed E-state index contributed by atoms with van der Waals surface area (Å²) in [4.78, 5) is 25.7. The molecule has 0 aliphatic carbocycles. The van der Waals surface area contributed by atoms with Crippen LogP contribution >= 0.6 is 0 Å². The average molecular weight is 323 g/mol. The van der Waals surface area contributed by atoms with Crippen molar-refractivity contribution in [2.75, 3.05) is 20.2 Å². The largest absolute Gasteiger partial charge is 0.378 e. The molecule has 1 fully saturated rings. The van der Waals surface area contributed by atoms with Crippen LogP contribution in [-0.2, 0) is 27.5 Å². The van der Waals surface area contributed by atoms with Gasteiger partial charge in [-0.25, -0.2) is 0 Å². The Labute approximate surface area is 135 Å². The molecule has 1 aromatic rings. The van der Waals surface area contributed by atoms with Gasteiger partial charge in [-0.1, -0.05) is 0 Å². The van der Waals surface area contributed by atoms with Crippen LogP contribution in [0.5, 0.6) is 0 Å². The lowest BCUT2D eigenvalue weighted by Gasteiger charge is -2.23. The Morgan fingerprint density at radius 1 is 1.48 bits per heavy atom. The van der Waals surface area contributed by atoms with Crippen molar-refractivity contribution in [3.05, 3.63) is 17.5 Å². The van der Waals surface area contributed by atoms with Crippen LogP contribution in [-0.4, -0.2) is 53.2 Å². The number of likely N-dealkylation sites (tertiary alicyclic amines) is 1. The Kier molecular flexibility index (Phi) is 6.12. The number of carbonyl (C=O) groups is 2. The summed E-state index contributed by atoms with van der Waals surface area (Å²) in [5, 5.41) is 9.85. The van der Waals surface area contributed by atoms with Crippen LogP contribution in [0.3, 0.4) is 0 Å². The highest BCUT2D eigenvalue weighted by molar-refractivity contribution is 5.80. The third-order valence-corrected chi connectivity index (χ3v) is 4.03. The second-order valence-electron chi connectivity index (χ2n) is 5.99. The third-order valence-electron chi connectivity index (χ3n) is 4.03. The van der Waals surface area contributed by atoms with E-state index in [4.69, 9.17) is 10.5 Å². The summed E-state index contributed by atoms with van der Waals surface area (Å²) in [6.45, 7) is 3.25. The van der Waals surface area contributed by atoms with Crippen molar-refractivity contribution in [1.82, 2.24) is 20.4 Å². The third kappa shape index (κ3) is 5.04. The predicted molar refractivity (Wildman–Crippen MR) is 84.1 cm³/mol. The zero-order valence-corrected chi connectivity index (χ0v) is 13.7. The maximum Gasteiger partial charge on any atom is 0.225 e. The minimum Gasteiger partial charge on any atom is -0.378 e. The van der Waals surface area contributed by atoms with Gasteiger partial charge in [0.05, 0.1) is 30.5 Å². The van der Waals surface area contributed by atoms with E-state index in [1.165, 1.54) is 6.92 Å². The van der Waals surface area contributed by atoms with E-state index in [1.807, 2.05) is 6.07 Å². The normalized spacial score (nSPS) is 21.8. The van der Waals surface area contributed by atoms with E-state index in [2.05, 4.69) is 15.5 Å². The topological polar surface area (TPSA) is 113 Å². The van der Waals surface area contributed by atoms with E-state index in [-0.39, 0.29) is 23.8 Å². The average Bonchev–Trinajstić information content (AvgIpc) is 2.85. The number of nitrogens with two attached hydrogens (primary N) is 1. The number of nitrogens with one attached hydrogen (secondary N) is 2. The molecule has 1 saturated heterocycles. The van der Waals surface area contributed by atoms with Crippen LogP contribution in [0.4, 0.5) is 0 Å². The van der Waals surface area contributed by atoms with Crippen LogP contribution in [0.15, 0.2) is 6.07 Å². The summed E-state index contributed by atoms with van der Waals surface area (Å²) in [7, 11) is 1.60. The van der Waals surface area contributed by atoms with Crippen molar-refractivity contribution < 1.29 is 14.3 Å². The van der Waals surface area contributed by atoms with Gasteiger partial charge in [-0.05, 0) is 18.9 Å². The number of aromatic amines is 1. The van der Waals surface area contributed by atoms with Crippen LogP contribution < -0.4 is 11.1 Å². The first kappa shape index (κ1) is 17.4. The van der Waals surface area contributed by atoms with Crippen molar-refractivity contribution >= 4 is 11.8 Å². The predicted octanol–water partition coefficient (Wildman–Crippen LogP) is -0.242. The minimum absolute atomic E-state index is 0.0436. The lowest BCUT2D eigenvalue weighted by Crippen LogP contribution is -2.42. The number of ether oxygens (including phenoxy) is 1. The molecule has 1 aliphatic heterocycles. The summed E-state index contributed by atoms with van der Waals surface area (Å²) >= 11 is 0. The van der Waals surface area contributed by atoms with Gasteiger partial charge in [0.25, 0.3) is 0 Å². The molecule has 8 nitrogen and oxygen atoms in total. The minimum atomic E-state index is -0.228. The van der Waals surface area contributed by atoms with E-state index in [1.54, 1.807) is 12.0 Å². The molecule has 0 spiro atoms. The molecule has 2 rings (SSSR count). The molecule has 0 unspecified atom stereocenters. The molecular weight excluding hydrogens is 298 g/mol. The number of methoxy groups -OCH3 is 1. The van der Waals surface area contributed by atoms with Gasteiger partial charge in [-0.15, -0.1) is 0 Å². The van der Waals surface area contributed by atoms with Gasteiger partial charge < -0.3 is 20.7 Å². The fourth-order valence-electron chi connectivity index (χ4n) is 2.74. The standard InChI is InChI=1S/C15H25N5O3/c1-10(21)20-7-11(3-4-12(16)8-20)15(22)17-6-13-5-14(9-23-2)19-18-13/h5,11-12H,3-4,6-9,16H2,1-2H3,(H,17,22)(H,18,19)/t11-,12+/m1/s1. The van der Waals surface area contributed by atoms with Gasteiger partial charge in [0.1, 0.15) is 0 Å². The number of H-pyrrole nitrogens is 1. The first-order chi connectivity index (χ1) is 11.0. The van der Waals surface area contributed by atoms with Crippen molar-refractivity contribution in [2.24, 2.45) is 11.7 Å². The molecule has 2 amide bonds. The molecule has 1 aromatic heterocycles. The molecule has 4 N–H and O–H groups in total. The van der Waals surface area contributed by atoms with Gasteiger partial charge >= 0.3 is 0 Å². The number of hydrogen-bond acceptors (Lipinski definition) is 5. The first-order valence-electron chi connectivity index (χ1n) is 7.80. The van der Waals surface area contributed by atoms with Gasteiger partial charge in [0, 0.05) is 33.2 Å². The number of hydrogen-bond donors (Lipinski definition) is 3. The molecule has 0 aromatic carbocycles. The summed E-state index contributed by atoms with van der Waals surface area (Å²) in [6.07, 6.45) is 1.43. The van der Waals surface area contributed by atoms with Crippen LogP contribution in [0, 0.1) is 5.92 Å². The SMILES string of the molecule is COCc1cc(CNC(=O)[C@@H]2CC[C@H](N)CN(C(C)=O)C2)[nH]n1. The fourth-order valence-corrected chi connectivity index (χ4v) is 2.74. The number of aromatic nitrogens is 2. The highest BCUT2D eigenvalue weighted by Gasteiger charge is 2.28. The van der Waals surface area contributed by atoms with E-state index >= 15 is 0 Å². The summed E-state index contributed by atoms with van der Waals surface area (Å²) < 4.78 is 5.00. The Bertz CT molecular complexity index is 545. The molecule has 2 atom stereocenters. The molecule has 0 saturated carbocycles. The summed E-state index contributed by atoms with van der Waals surface area (Å²) in [5.41, 5.74) is 7.58. The Balaban J connectivity index is 1.89. The maximum atomic E-state index is 12.4. The quantitative estimate of drug-likeness (QED) is 0.692. The van der Waals surface area contributed by atoms with E-state index in [0.717, 1.165) is 17.8 Å². The van der Waals surface area contributed by atoms with Crippen LogP contribution in [0.2, 0.25) is 0 Å². The van der Waals surface area contributed by atoms with Gasteiger partial charge in [0.2, 0.25) is 11.8 Å². The highest BCUT2D eigenvalue weighted by atomic mass is 16.5.